The molecule has 1 saturated carbocycles. The lowest BCUT2D eigenvalue weighted by Gasteiger charge is -2.44. The van der Waals surface area contributed by atoms with Gasteiger partial charge in [0.1, 0.15) is 5.82 Å². The highest BCUT2D eigenvalue weighted by Gasteiger charge is 2.53. The number of aromatic nitrogens is 2. The van der Waals surface area contributed by atoms with Crippen LogP contribution in [0.5, 0.6) is 0 Å². The number of hydrogen-bond acceptors (Lipinski definition) is 6. The highest BCUT2D eigenvalue weighted by Crippen LogP contribution is 2.46. The quantitative estimate of drug-likeness (QED) is 0.262. The molecule has 1 N–H and O–H groups in total. The lowest BCUT2D eigenvalue weighted by atomic mass is 10.1. The van der Waals surface area contributed by atoms with E-state index in [1.165, 1.54) is 12.1 Å². The molecule has 0 atom stereocenters. The van der Waals surface area contributed by atoms with Crippen molar-refractivity contribution in [2.24, 2.45) is 5.10 Å². The Balaban J connectivity index is 1.52. The topological polar surface area (TPSA) is 90.8 Å². The zero-order chi connectivity index (χ0) is 26.4. The summed E-state index contributed by atoms with van der Waals surface area (Å²) < 4.78 is 40.1. The number of aryl methyl sites for hydroxylation is 1. The molecule has 1 aliphatic heterocycles. The summed E-state index contributed by atoms with van der Waals surface area (Å²) in [5.41, 5.74) is 0.793. The van der Waals surface area contributed by atoms with Crippen molar-refractivity contribution in [2.75, 3.05) is 24.5 Å². The molecule has 1 aliphatic carbocycles. The number of anilines is 1. The normalized spacial score (nSPS) is 17.3. The van der Waals surface area contributed by atoms with Gasteiger partial charge in [0.05, 0.1) is 43.5 Å². The molecular weight excluding hydrogens is 562 g/mol. The van der Waals surface area contributed by atoms with E-state index in [0.717, 1.165) is 30.5 Å². The number of hydrogen-bond donors (Lipinski definition) is 1. The Morgan fingerprint density at radius 2 is 1.68 bits per heavy atom. The summed E-state index contributed by atoms with van der Waals surface area (Å²) in [5, 5.41) is 4.83. The summed E-state index contributed by atoms with van der Waals surface area (Å²) in [6, 6.07) is 8.65. The number of piperazine rings is 1. The number of rotatable bonds is 5. The summed E-state index contributed by atoms with van der Waals surface area (Å²) in [4.78, 5) is 15.1. The van der Waals surface area contributed by atoms with Crippen molar-refractivity contribution < 1.29 is 12.8 Å². The third kappa shape index (κ3) is 5.34. The Labute approximate surface area is 229 Å². The first-order valence-corrected chi connectivity index (χ1v) is 14.0. The van der Waals surface area contributed by atoms with E-state index in [2.05, 4.69) is 19.9 Å². The van der Waals surface area contributed by atoms with Gasteiger partial charge in [-0.05, 0) is 44.0 Å². The summed E-state index contributed by atoms with van der Waals surface area (Å²) in [5.74, 6) is 0.163. The maximum atomic E-state index is 14.0. The minimum atomic E-state index is -3.99. The molecule has 0 bridgehead atoms. The Kier molecular flexibility index (Phi) is 6.95. The number of benzene rings is 2. The molecule has 0 unspecified atom stereocenters. The Morgan fingerprint density at radius 3 is 2.27 bits per heavy atom. The summed E-state index contributed by atoms with van der Waals surface area (Å²) in [6.07, 6.45) is 4.72. The molecule has 194 valence electrons. The molecule has 2 aromatic carbocycles. The fraction of sp³-hybridized carbons (Fsp3) is 0.292. The van der Waals surface area contributed by atoms with Crippen LogP contribution in [0, 0.1) is 12.7 Å². The van der Waals surface area contributed by atoms with Gasteiger partial charge < -0.3 is 9.80 Å². The third-order valence-corrected chi connectivity index (χ3v) is 8.47. The molecule has 1 spiro atoms. The molecular formula is C24H22Cl3FN6O2S. The molecule has 0 amide bonds. The molecule has 37 heavy (non-hydrogen) atoms. The lowest BCUT2D eigenvalue weighted by molar-refractivity contribution is 0.258. The SMILES string of the molecule is Cc1ccc(S(=O)(=O)N/N=C(/c2c(Cl)cc(F)cc2Cl)N2CCN(c3ncc(Cl)cn3)CC23CC3)cc1. The maximum absolute atomic E-state index is 14.0. The van der Waals surface area contributed by atoms with Crippen LogP contribution in [0.4, 0.5) is 10.3 Å². The van der Waals surface area contributed by atoms with Gasteiger partial charge in [-0.3, -0.25) is 0 Å². The van der Waals surface area contributed by atoms with Crippen LogP contribution in [0.1, 0.15) is 24.0 Å². The fourth-order valence-corrected chi connectivity index (χ4v) is 5.93. The smallest absolute Gasteiger partial charge is 0.276 e. The largest absolute Gasteiger partial charge is 0.345 e. The van der Waals surface area contributed by atoms with Crippen LogP contribution < -0.4 is 9.73 Å². The molecule has 2 heterocycles. The van der Waals surface area contributed by atoms with E-state index in [0.29, 0.717) is 30.6 Å². The van der Waals surface area contributed by atoms with Crippen molar-refractivity contribution in [1.29, 1.82) is 0 Å². The second-order valence-electron chi connectivity index (χ2n) is 9.09. The number of hydrazone groups is 1. The first-order chi connectivity index (χ1) is 17.6. The maximum Gasteiger partial charge on any atom is 0.276 e. The third-order valence-electron chi connectivity index (χ3n) is 6.46. The molecule has 1 saturated heterocycles. The van der Waals surface area contributed by atoms with Crippen molar-refractivity contribution in [3.63, 3.8) is 0 Å². The van der Waals surface area contributed by atoms with Crippen molar-refractivity contribution >= 4 is 56.6 Å². The molecule has 1 aromatic heterocycles. The van der Waals surface area contributed by atoms with Crippen LogP contribution in [0.2, 0.25) is 15.1 Å². The van der Waals surface area contributed by atoms with Gasteiger partial charge >= 0.3 is 0 Å². The van der Waals surface area contributed by atoms with Crippen LogP contribution >= 0.6 is 34.8 Å². The van der Waals surface area contributed by atoms with Crippen molar-refractivity contribution in [2.45, 2.75) is 30.2 Å². The van der Waals surface area contributed by atoms with E-state index in [-0.39, 0.29) is 31.9 Å². The average molecular weight is 584 g/mol. The van der Waals surface area contributed by atoms with Crippen molar-refractivity contribution in [3.05, 3.63) is 80.8 Å². The average Bonchev–Trinajstić information content (AvgIpc) is 3.61. The van der Waals surface area contributed by atoms with Crippen LogP contribution in [0.25, 0.3) is 0 Å². The molecule has 8 nitrogen and oxygen atoms in total. The lowest BCUT2D eigenvalue weighted by Crippen LogP contribution is -2.58. The van der Waals surface area contributed by atoms with E-state index in [4.69, 9.17) is 34.8 Å². The van der Waals surface area contributed by atoms with Crippen LogP contribution in [0.15, 0.2) is 58.8 Å². The van der Waals surface area contributed by atoms with Crippen molar-refractivity contribution in [1.82, 2.24) is 19.7 Å². The number of halogens is 4. The fourth-order valence-electron chi connectivity index (χ4n) is 4.40. The highest BCUT2D eigenvalue weighted by molar-refractivity contribution is 7.89. The summed E-state index contributed by atoms with van der Waals surface area (Å²) in [7, 11) is -3.99. The molecule has 3 aromatic rings. The zero-order valence-corrected chi connectivity index (χ0v) is 22.7. The Hall–Kier alpha value is -2.66. The Bertz CT molecular complexity index is 1440. The van der Waals surface area contributed by atoms with Gasteiger partial charge in [-0.1, -0.05) is 52.5 Å². The summed E-state index contributed by atoms with van der Waals surface area (Å²) in [6.45, 7) is 3.39. The molecule has 2 fully saturated rings. The van der Waals surface area contributed by atoms with Gasteiger partial charge in [0.2, 0.25) is 5.95 Å². The van der Waals surface area contributed by atoms with Crippen LogP contribution in [-0.4, -0.2) is 54.3 Å². The van der Waals surface area contributed by atoms with E-state index in [1.807, 2.05) is 16.7 Å². The molecule has 0 radical (unpaired) electrons. The zero-order valence-electron chi connectivity index (χ0n) is 19.6. The standard InChI is InChI=1S/C24H22Cl3FN6O2S/c1-15-2-4-18(5-3-15)37(35,36)32-31-22(21-19(26)10-17(28)11-20(21)27)34-9-8-33(14-24(34)6-7-24)23-29-12-16(25)13-30-23/h2-5,10-13,32H,6-9,14H2,1H3/b31-22-. The second-order valence-corrected chi connectivity index (χ2v) is 12.0. The van der Waals surface area contributed by atoms with Gasteiger partial charge in [-0.25, -0.2) is 14.4 Å². The Morgan fingerprint density at radius 1 is 1.05 bits per heavy atom. The minimum absolute atomic E-state index is 0.0255. The number of sulfonamides is 1. The van der Waals surface area contributed by atoms with Gasteiger partial charge in [0, 0.05) is 19.6 Å². The van der Waals surface area contributed by atoms with Crippen LogP contribution in [0.3, 0.4) is 0 Å². The van der Waals surface area contributed by atoms with Gasteiger partial charge in [0.25, 0.3) is 10.0 Å². The van der Waals surface area contributed by atoms with Crippen molar-refractivity contribution in [3.8, 4) is 0 Å². The molecule has 2 aliphatic rings. The number of nitrogens with zero attached hydrogens (tertiary/aromatic N) is 5. The number of nitrogens with one attached hydrogen (secondary N) is 1. The van der Waals surface area contributed by atoms with Crippen LogP contribution in [-0.2, 0) is 10.0 Å². The highest BCUT2D eigenvalue weighted by atomic mass is 35.5. The minimum Gasteiger partial charge on any atom is -0.345 e. The van der Waals surface area contributed by atoms with E-state index < -0.39 is 15.8 Å². The number of amidine groups is 1. The second kappa shape index (κ2) is 9.90. The molecule has 5 rings (SSSR count). The predicted octanol–water partition coefficient (Wildman–Crippen LogP) is 4.88. The van der Waals surface area contributed by atoms with Gasteiger partial charge in [0.15, 0.2) is 5.84 Å². The first kappa shape index (κ1) is 26.0. The van der Waals surface area contributed by atoms with Gasteiger partial charge in [-0.2, -0.15) is 13.2 Å². The van der Waals surface area contributed by atoms with Gasteiger partial charge in [-0.15, -0.1) is 5.10 Å². The van der Waals surface area contributed by atoms with E-state index in [1.54, 1.807) is 24.5 Å². The van der Waals surface area contributed by atoms with E-state index in [9.17, 15) is 12.8 Å². The first-order valence-electron chi connectivity index (χ1n) is 11.4. The molecule has 13 heteroatoms. The predicted molar refractivity (Wildman–Crippen MR) is 142 cm³/mol. The monoisotopic (exact) mass is 582 g/mol. The van der Waals surface area contributed by atoms with E-state index >= 15 is 0 Å². The summed E-state index contributed by atoms with van der Waals surface area (Å²) >= 11 is 18.8.